The number of benzene rings is 2. The van der Waals surface area contributed by atoms with Crippen LogP contribution < -0.4 is 0 Å². The van der Waals surface area contributed by atoms with Gasteiger partial charge in [-0.2, -0.15) is 16.8 Å². The molecular formula is C13H12O6S2. The first kappa shape index (κ1) is 15.6. The molecule has 0 spiro atoms. The first-order valence-electron chi connectivity index (χ1n) is 5.76. The van der Waals surface area contributed by atoms with Crippen molar-refractivity contribution < 1.29 is 25.9 Å². The molecule has 2 rings (SSSR count). The number of rotatable bonds is 3. The van der Waals surface area contributed by atoms with Gasteiger partial charge < -0.3 is 0 Å². The topological polar surface area (TPSA) is 109 Å². The molecular weight excluding hydrogens is 316 g/mol. The van der Waals surface area contributed by atoms with E-state index in [1.165, 1.54) is 30.3 Å². The Hall–Kier alpha value is -1.74. The van der Waals surface area contributed by atoms with Gasteiger partial charge in [-0.1, -0.05) is 30.3 Å². The third-order valence-electron chi connectivity index (χ3n) is 2.87. The normalized spacial score (nSPS) is 12.3. The summed E-state index contributed by atoms with van der Waals surface area (Å²) in [5.41, 5.74) is 0.569. The second kappa shape index (κ2) is 5.23. The Morgan fingerprint density at radius 3 is 1.86 bits per heavy atom. The smallest absolute Gasteiger partial charge is 0.282 e. The Morgan fingerprint density at radius 2 is 1.29 bits per heavy atom. The highest BCUT2D eigenvalue weighted by Gasteiger charge is 2.22. The van der Waals surface area contributed by atoms with Crippen LogP contribution in [0.1, 0.15) is 5.56 Å². The predicted octanol–water partition coefficient (Wildman–Crippen LogP) is 2.16. The van der Waals surface area contributed by atoms with Crippen molar-refractivity contribution in [1.82, 2.24) is 0 Å². The van der Waals surface area contributed by atoms with Crippen LogP contribution in [0.5, 0.6) is 0 Å². The van der Waals surface area contributed by atoms with E-state index in [1.54, 1.807) is 13.0 Å². The fraction of sp³-hybridized carbons (Fsp3) is 0.0769. The SMILES string of the molecule is Cc1ccc(-c2ccccc2S(=O)(=O)O)c(S(=O)(=O)O)c1. The van der Waals surface area contributed by atoms with E-state index in [0.29, 0.717) is 5.56 Å². The zero-order valence-corrected chi connectivity index (χ0v) is 12.5. The average Bonchev–Trinajstić information content (AvgIpc) is 2.36. The summed E-state index contributed by atoms with van der Waals surface area (Å²) in [6.07, 6.45) is 0. The van der Waals surface area contributed by atoms with Gasteiger partial charge in [0.1, 0.15) is 9.79 Å². The van der Waals surface area contributed by atoms with E-state index in [4.69, 9.17) is 0 Å². The van der Waals surface area contributed by atoms with Crippen molar-refractivity contribution in [2.24, 2.45) is 0 Å². The minimum atomic E-state index is -4.54. The molecule has 0 saturated carbocycles. The van der Waals surface area contributed by atoms with Crippen LogP contribution in [-0.4, -0.2) is 25.9 Å². The summed E-state index contributed by atoms with van der Waals surface area (Å²) >= 11 is 0. The van der Waals surface area contributed by atoms with Gasteiger partial charge in [0.15, 0.2) is 0 Å². The van der Waals surface area contributed by atoms with E-state index < -0.39 is 30.0 Å². The maximum Gasteiger partial charge on any atom is 0.295 e. The molecule has 0 aliphatic heterocycles. The molecule has 0 fully saturated rings. The van der Waals surface area contributed by atoms with Crippen LogP contribution in [0.2, 0.25) is 0 Å². The quantitative estimate of drug-likeness (QED) is 0.836. The van der Waals surface area contributed by atoms with Gasteiger partial charge in [0.05, 0.1) is 0 Å². The van der Waals surface area contributed by atoms with Crippen molar-refractivity contribution in [3.8, 4) is 11.1 Å². The van der Waals surface area contributed by atoms with Crippen molar-refractivity contribution in [1.29, 1.82) is 0 Å². The molecule has 2 aromatic carbocycles. The zero-order chi connectivity index (χ0) is 15.8. The average molecular weight is 328 g/mol. The molecule has 0 unspecified atom stereocenters. The lowest BCUT2D eigenvalue weighted by atomic mass is 10.0. The monoisotopic (exact) mass is 328 g/mol. The minimum absolute atomic E-state index is 0.00340. The van der Waals surface area contributed by atoms with Crippen molar-refractivity contribution in [3.63, 3.8) is 0 Å². The summed E-state index contributed by atoms with van der Waals surface area (Å²) < 4.78 is 64.3. The lowest BCUT2D eigenvalue weighted by molar-refractivity contribution is 0.480. The van der Waals surface area contributed by atoms with E-state index in [0.717, 1.165) is 6.07 Å². The Labute approximate surface area is 122 Å². The molecule has 112 valence electrons. The summed E-state index contributed by atoms with van der Waals surface area (Å²) in [4.78, 5) is -0.850. The van der Waals surface area contributed by atoms with Crippen molar-refractivity contribution in [3.05, 3.63) is 48.0 Å². The van der Waals surface area contributed by atoms with E-state index in [9.17, 15) is 25.9 Å². The lowest BCUT2D eigenvalue weighted by Gasteiger charge is -2.11. The largest absolute Gasteiger partial charge is 0.295 e. The molecule has 21 heavy (non-hydrogen) atoms. The third kappa shape index (κ3) is 3.30. The minimum Gasteiger partial charge on any atom is -0.282 e. The second-order valence-electron chi connectivity index (χ2n) is 4.45. The van der Waals surface area contributed by atoms with Crippen molar-refractivity contribution >= 4 is 20.2 Å². The number of aryl methyl sites for hydroxylation is 1. The Morgan fingerprint density at radius 1 is 0.762 bits per heavy atom. The van der Waals surface area contributed by atoms with Crippen LogP contribution in [-0.2, 0) is 20.2 Å². The molecule has 0 heterocycles. The third-order valence-corrected chi connectivity index (χ3v) is 4.68. The maximum absolute atomic E-state index is 11.5. The van der Waals surface area contributed by atoms with Crippen LogP contribution in [0.4, 0.5) is 0 Å². The van der Waals surface area contributed by atoms with E-state index >= 15 is 0 Å². The van der Waals surface area contributed by atoms with Crippen molar-refractivity contribution in [2.75, 3.05) is 0 Å². The van der Waals surface area contributed by atoms with Crippen LogP contribution in [0, 0.1) is 6.92 Å². The van der Waals surface area contributed by atoms with E-state index in [1.807, 2.05) is 0 Å². The predicted molar refractivity (Wildman–Crippen MR) is 76.2 cm³/mol. The van der Waals surface area contributed by atoms with Crippen LogP contribution in [0.15, 0.2) is 52.3 Å². The summed E-state index contributed by atoms with van der Waals surface area (Å²) in [6, 6.07) is 9.57. The highest BCUT2D eigenvalue weighted by Crippen LogP contribution is 2.32. The molecule has 0 atom stereocenters. The van der Waals surface area contributed by atoms with E-state index in [-0.39, 0.29) is 11.1 Å². The first-order chi connectivity index (χ1) is 9.60. The lowest BCUT2D eigenvalue weighted by Crippen LogP contribution is -2.05. The van der Waals surface area contributed by atoms with Crippen LogP contribution in [0.25, 0.3) is 11.1 Å². The highest BCUT2D eigenvalue weighted by molar-refractivity contribution is 7.86. The maximum atomic E-state index is 11.5. The Bertz CT molecular complexity index is 898. The van der Waals surface area contributed by atoms with Crippen molar-refractivity contribution in [2.45, 2.75) is 16.7 Å². The van der Waals surface area contributed by atoms with Gasteiger partial charge >= 0.3 is 0 Å². The first-order valence-corrected chi connectivity index (χ1v) is 8.64. The Kier molecular flexibility index (Phi) is 3.89. The van der Waals surface area contributed by atoms with Crippen LogP contribution >= 0.6 is 0 Å². The molecule has 0 bridgehead atoms. The Balaban J connectivity index is 2.88. The zero-order valence-electron chi connectivity index (χ0n) is 10.9. The van der Waals surface area contributed by atoms with Gasteiger partial charge in [-0.15, -0.1) is 0 Å². The molecule has 0 aliphatic carbocycles. The van der Waals surface area contributed by atoms with Gasteiger partial charge in [0, 0.05) is 11.1 Å². The van der Waals surface area contributed by atoms with Gasteiger partial charge in [-0.05, 0) is 24.6 Å². The summed E-state index contributed by atoms with van der Waals surface area (Å²) in [7, 11) is -9.07. The summed E-state index contributed by atoms with van der Waals surface area (Å²) in [6.45, 7) is 1.63. The molecule has 2 N–H and O–H groups in total. The molecule has 0 aromatic heterocycles. The summed E-state index contributed by atoms with van der Waals surface area (Å²) in [5.74, 6) is 0. The van der Waals surface area contributed by atoms with Gasteiger partial charge in [-0.25, -0.2) is 0 Å². The number of hydrogen-bond donors (Lipinski definition) is 2. The van der Waals surface area contributed by atoms with Gasteiger partial charge in [-0.3, -0.25) is 9.11 Å². The standard InChI is InChI=1S/C13H12O6S2/c1-9-6-7-11(13(8-9)21(17,18)19)10-4-2-3-5-12(10)20(14,15)16/h2-8H,1H3,(H,14,15,16)(H,17,18,19). The fourth-order valence-electron chi connectivity index (χ4n) is 1.98. The molecule has 0 radical (unpaired) electrons. The molecule has 0 saturated heterocycles. The van der Waals surface area contributed by atoms with Gasteiger partial charge in [0.2, 0.25) is 0 Å². The van der Waals surface area contributed by atoms with Gasteiger partial charge in [0.25, 0.3) is 20.2 Å². The highest BCUT2D eigenvalue weighted by atomic mass is 32.2. The molecule has 2 aromatic rings. The molecule has 0 aliphatic rings. The second-order valence-corrected chi connectivity index (χ2v) is 7.23. The number of hydrogen-bond acceptors (Lipinski definition) is 4. The van der Waals surface area contributed by atoms with Crippen LogP contribution in [0.3, 0.4) is 0 Å². The van der Waals surface area contributed by atoms with E-state index in [2.05, 4.69) is 0 Å². The molecule has 8 heteroatoms. The fourth-order valence-corrected chi connectivity index (χ4v) is 3.48. The molecule has 6 nitrogen and oxygen atoms in total. The summed E-state index contributed by atoms with van der Waals surface area (Å²) in [5, 5.41) is 0. The molecule has 0 amide bonds.